The predicted molar refractivity (Wildman–Crippen MR) is 76.4 cm³/mol. The van der Waals surface area contributed by atoms with E-state index in [4.69, 9.17) is 4.74 Å². The van der Waals surface area contributed by atoms with Crippen molar-refractivity contribution in [2.45, 2.75) is 13.0 Å². The van der Waals surface area contributed by atoms with E-state index in [9.17, 15) is 9.59 Å². The van der Waals surface area contributed by atoms with E-state index in [0.717, 1.165) is 11.1 Å². The van der Waals surface area contributed by atoms with Crippen LogP contribution in [0.2, 0.25) is 0 Å². The summed E-state index contributed by atoms with van der Waals surface area (Å²) >= 11 is 0. The molecule has 0 spiro atoms. The van der Waals surface area contributed by atoms with E-state index < -0.39 is 0 Å². The SMILES string of the molecule is COC(=O)Cc1ccc2c(c1)OCc1ccccc1C2=O. The van der Waals surface area contributed by atoms with Gasteiger partial charge in [0.25, 0.3) is 0 Å². The summed E-state index contributed by atoms with van der Waals surface area (Å²) in [6, 6.07) is 12.6. The molecule has 3 rings (SSSR count). The van der Waals surface area contributed by atoms with Gasteiger partial charge in [0.15, 0.2) is 5.78 Å². The summed E-state index contributed by atoms with van der Waals surface area (Å²) in [5.74, 6) is 0.138. The topological polar surface area (TPSA) is 52.6 Å². The zero-order valence-corrected chi connectivity index (χ0v) is 11.6. The number of methoxy groups -OCH3 is 1. The van der Waals surface area contributed by atoms with Crippen LogP contribution in [0.3, 0.4) is 0 Å². The lowest BCUT2D eigenvalue weighted by Gasteiger charge is -2.08. The number of carbonyl (C=O) groups excluding carboxylic acids is 2. The number of carbonyl (C=O) groups is 2. The van der Waals surface area contributed by atoms with Gasteiger partial charge in [-0.05, 0) is 17.7 Å². The van der Waals surface area contributed by atoms with Crippen molar-refractivity contribution in [3.8, 4) is 5.75 Å². The van der Waals surface area contributed by atoms with Crippen LogP contribution in [-0.2, 0) is 22.6 Å². The number of fused-ring (bicyclic) bond motifs is 2. The zero-order chi connectivity index (χ0) is 14.8. The van der Waals surface area contributed by atoms with Gasteiger partial charge in [-0.25, -0.2) is 0 Å². The van der Waals surface area contributed by atoms with Crippen LogP contribution in [0.5, 0.6) is 5.75 Å². The Morgan fingerprint density at radius 1 is 1.19 bits per heavy atom. The van der Waals surface area contributed by atoms with E-state index in [2.05, 4.69) is 4.74 Å². The predicted octanol–water partition coefficient (Wildman–Crippen LogP) is 2.53. The van der Waals surface area contributed by atoms with Crippen molar-refractivity contribution < 1.29 is 19.1 Å². The molecule has 21 heavy (non-hydrogen) atoms. The Hall–Kier alpha value is -2.62. The molecule has 0 unspecified atom stereocenters. The molecule has 0 saturated carbocycles. The fourth-order valence-electron chi connectivity index (χ4n) is 2.39. The molecule has 1 aliphatic rings. The van der Waals surface area contributed by atoms with Gasteiger partial charge in [-0.3, -0.25) is 9.59 Å². The van der Waals surface area contributed by atoms with Crippen molar-refractivity contribution in [3.05, 3.63) is 64.7 Å². The number of ketones is 1. The minimum Gasteiger partial charge on any atom is -0.488 e. The van der Waals surface area contributed by atoms with Gasteiger partial charge in [0.1, 0.15) is 12.4 Å². The Morgan fingerprint density at radius 3 is 2.81 bits per heavy atom. The second-order valence-corrected chi connectivity index (χ2v) is 4.86. The lowest BCUT2D eigenvalue weighted by molar-refractivity contribution is -0.139. The first-order valence-corrected chi connectivity index (χ1v) is 6.64. The maximum Gasteiger partial charge on any atom is 0.309 e. The van der Waals surface area contributed by atoms with E-state index in [1.807, 2.05) is 18.2 Å². The first-order valence-electron chi connectivity index (χ1n) is 6.64. The maximum absolute atomic E-state index is 12.5. The van der Waals surface area contributed by atoms with Gasteiger partial charge < -0.3 is 9.47 Å². The van der Waals surface area contributed by atoms with Crippen molar-refractivity contribution in [1.29, 1.82) is 0 Å². The average molecular weight is 282 g/mol. The minimum absolute atomic E-state index is 0.0530. The molecular formula is C17H14O4. The molecule has 0 N–H and O–H groups in total. The molecule has 4 heteroatoms. The second kappa shape index (κ2) is 5.40. The Labute approximate surface area is 122 Å². The van der Waals surface area contributed by atoms with E-state index in [1.54, 1.807) is 24.3 Å². The summed E-state index contributed by atoms with van der Waals surface area (Å²) in [6.07, 6.45) is 0.161. The lowest BCUT2D eigenvalue weighted by Crippen LogP contribution is -2.06. The Balaban J connectivity index is 1.99. The largest absolute Gasteiger partial charge is 0.488 e. The Morgan fingerprint density at radius 2 is 2.00 bits per heavy atom. The van der Waals surface area contributed by atoms with Crippen LogP contribution in [0, 0.1) is 0 Å². The number of esters is 1. The van der Waals surface area contributed by atoms with Crippen LogP contribution in [0.4, 0.5) is 0 Å². The fraction of sp³-hybridized carbons (Fsp3) is 0.176. The molecule has 0 aliphatic carbocycles. The standard InChI is InChI=1S/C17H14O4/c1-20-16(18)9-11-6-7-14-15(8-11)21-10-12-4-2-3-5-13(12)17(14)19/h2-8H,9-10H2,1H3. The van der Waals surface area contributed by atoms with Gasteiger partial charge >= 0.3 is 5.97 Å². The van der Waals surface area contributed by atoms with Crippen LogP contribution in [-0.4, -0.2) is 18.9 Å². The average Bonchev–Trinajstić information content (AvgIpc) is 2.65. The second-order valence-electron chi connectivity index (χ2n) is 4.86. The first kappa shape index (κ1) is 13.4. The van der Waals surface area contributed by atoms with Crippen LogP contribution in [0.1, 0.15) is 27.0 Å². The van der Waals surface area contributed by atoms with Crippen molar-refractivity contribution in [2.75, 3.05) is 7.11 Å². The van der Waals surface area contributed by atoms with Gasteiger partial charge in [0.2, 0.25) is 0 Å². The van der Waals surface area contributed by atoms with Gasteiger partial charge in [-0.1, -0.05) is 30.3 Å². The van der Waals surface area contributed by atoms with Crippen molar-refractivity contribution in [3.63, 3.8) is 0 Å². The van der Waals surface area contributed by atoms with Crippen LogP contribution >= 0.6 is 0 Å². The molecule has 2 aromatic rings. The summed E-state index contributed by atoms with van der Waals surface area (Å²) in [4.78, 5) is 23.9. The van der Waals surface area contributed by atoms with Gasteiger partial charge in [0.05, 0.1) is 19.1 Å². The highest BCUT2D eigenvalue weighted by molar-refractivity contribution is 6.12. The minimum atomic E-state index is -0.321. The molecule has 4 nitrogen and oxygen atoms in total. The van der Waals surface area contributed by atoms with Crippen molar-refractivity contribution >= 4 is 11.8 Å². The molecule has 0 saturated heterocycles. The third-order valence-corrected chi connectivity index (χ3v) is 3.51. The molecule has 0 bridgehead atoms. The summed E-state index contributed by atoms with van der Waals surface area (Å²) in [5, 5.41) is 0. The number of hydrogen-bond acceptors (Lipinski definition) is 4. The van der Waals surface area contributed by atoms with E-state index >= 15 is 0 Å². The molecule has 0 fully saturated rings. The van der Waals surface area contributed by atoms with Gasteiger partial charge in [-0.15, -0.1) is 0 Å². The third kappa shape index (κ3) is 2.52. The molecule has 0 amide bonds. The molecule has 1 heterocycles. The summed E-state index contributed by atoms with van der Waals surface area (Å²) in [7, 11) is 1.35. The van der Waals surface area contributed by atoms with E-state index in [-0.39, 0.29) is 18.2 Å². The fourth-order valence-corrected chi connectivity index (χ4v) is 2.39. The van der Waals surface area contributed by atoms with Gasteiger partial charge in [-0.2, -0.15) is 0 Å². The smallest absolute Gasteiger partial charge is 0.309 e. The highest BCUT2D eigenvalue weighted by Crippen LogP contribution is 2.29. The number of ether oxygens (including phenoxy) is 2. The van der Waals surface area contributed by atoms with Crippen LogP contribution in [0.15, 0.2) is 42.5 Å². The third-order valence-electron chi connectivity index (χ3n) is 3.51. The molecule has 1 aliphatic heterocycles. The molecular weight excluding hydrogens is 268 g/mol. The normalized spacial score (nSPS) is 12.7. The first-order chi connectivity index (χ1) is 10.2. The van der Waals surface area contributed by atoms with Crippen LogP contribution in [0.25, 0.3) is 0 Å². The molecule has 106 valence electrons. The quantitative estimate of drug-likeness (QED) is 0.794. The lowest BCUT2D eigenvalue weighted by atomic mass is 9.98. The Bertz CT molecular complexity index is 718. The highest BCUT2D eigenvalue weighted by Gasteiger charge is 2.22. The molecule has 0 atom stereocenters. The number of benzene rings is 2. The molecule has 0 aromatic heterocycles. The van der Waals surface area contributed by atoms with Crippen molar-refractivity contribution in [1.82, 2.24) is 0 Å². The summed E-state index contributed by atoms with van der Waals surface area (Å²) < 4.78 is 10.4. The summed E-state index contributed by atoms with van der Waals surface area (Å²) in [6.45, 7) is 0.344. The van der Waals surface area contributed by atoms with Crippen LogP contribution < -0.4 is 4.74 Å². The van der Waals surface area contributed by atoms with Crippen molar-refractivity contribution in [2.24, 2.45) is 0 Å². The van der Waals surface area contributed by atoms with Gasteiger partial charge in [0, 0.05) is 11.1 Å². The number of hydrogen-bond donors (Lipinski definition) is 0. The van der Waals surface area contributed by atoms with E-state index in [0.29, 0.717) is 23.5 Å². The maximum atomic E-state index is 12.5. The monoisotopic (exact) mass is 282 g/mol. The highest BCUT2D eigenvalue weighted by atomic mass is 16.5. The Kier molecular flexibility index (Phi) is 3.44. The zero-order valence-electron chi connectivity index (χ0n) is 11.6. The number of rotatable bonds is 2. The summed E-state index contributed by atoms with van der Waals surface area (Å²) in [5.41, 5.74) is 2.82. The molecule has 2 aromatic carbocycles. The van der Waals surface area contributed by atoms with E-state index in [1.165, 1.54) is 7.11 Å². The molecule has 0 radical (unpaired) electrons.